The third-order valence-corrected chi connectivity index (χ3v) is 6.84. The van der Waals surface area contributed by atoms with E-state index in [1.807, 2.05) is 24.3 Å². The minimum Gasteiger partial charge on any atom is -0.418 e. The van der Waals surface area contributed by atoms with Crippen molar-refractivity contribution in [3.8, 4) is 5.95 Å². The van der Waals surface area contributed by atoms with Gasteiger partial charge in [0.1, 0.15) is 5.82 Å². The highest BCUT2D eigenvalue weighted by Crippen LogP contribution is 2.24. The van der Waals surface area contributed by atoms with E-state index in [-0.39, 0.29) is 17.3 Å². The monoisotopic (exact) mass is 521 g/mol. The van der Waals surface area contributed by atoms with E-state index in [1.165, 1.54) is 30.7 Å². The molecule has 1 fully saturated rings. The van der Waals surface area contributed by atoms with Crippen LogP contribution in [0.25, 0.3) is 17.0 Å². The van der Waals surface area contributed by atoms with Crippen molar-refractivity contribution < 1.29 is 19.0 Å². The van der Waals surface area contributed by atoms with Crippen molar-refractivity contribution in [3.05, 3.63) is 81.5 Å². The second-order valence-corrected chi connectivity index (χ2v) is 10.4. The molecule has 1 amide bonds. The van der Waals surface area contributed by atoms with E-state index >= 15 is 0 Å². The summed E-state index contributed by atoms with van der Waals surface area (Å²) >= 11 is 0. The highest BCUT2D eigenvalue weighted by Gasteiger charge is 2.30. The summed E-state index contributed by atoms with van der Waals surface area (Å²) in [7, 11) is 0. The van der Waals surface area contributed by atoms with Gasteiger partial charge in [-0.15, -0.1) is 0 Å². The van der Waals surface area contributed by atoms with E-state index in [4.69, 9.17) is 4.74 Å². The van der Waals surface area contributed by atoms with E-state index in [2.05, 4.69) is 15.1 Å². The molecule has 5 rings (SSSR count). The second-order valence-electron chi connectivity index (χ2n) is 10.4. The molecule has 1 saturated heterocycles. The molecule has 1 unspecified atom stereocenters. The number of nitrogens with zero attached hydrogens (tertiary/aromatic N) is 3. The number of halogens is 1. The number of aromatic nitrogens is 4. The first-order valence-electron chi connectivity index (χ1n) is 12.9. The first-order chi connectivity index (χ1) is 18.2. The molecule has 0 spiro atoms. The van der Waals surface area contributed by atoms with Crippen molar-refractivity contribution in [2.75, 3.05) is 13.1 Å². The maximum Gasteiger partial charge on any atom is 0.412 e. The number of benzene rings is 2. The molecule has 38 heavy (non-hydrogen) atoms. The molecule has 3 N–H and O–H groups in total. The lowest BCUT2D eigenvalue weighted by Gasteiger charge is -2.33. The second kappa shape index (κ2) is 10.4. The number of aliphatic hydroxyl groups is 1. The Balaban J connectivity index is 1.42. The standard InChI is InChI=1S/C28H32FN5O4/c1-28(2,37)38-27(36)33-15-5-6-19(17-33)16-24-21(14-11-18-9-12-20(29)13-10-18)25(35)34(32-24)26-30-22-7-3-4-8-23(22)31-26/h3-4,7-10,12-13,19,32,37H,5-6,11,14-17H2,1-2H3,(H,30,31). The minimum absolute atomic E-state index is 0.102. The van der Waals surface area contributed by atoms with Crippen molar-refractivity contribution in [3.63, 3.8) is 0 Å². The Hall–Kier alpha value is -3.92. The number of hydrogen-bond donors (Lipinski definition) is 3. The Labute approximate surface area is 219 Å². The van der Waals surface area contributed by atoms with Crippen LogP contribution in [-0.2, 0) is 24.0 Å². The number of amides is 1. The summed E-state index contributed by atoms with van der Waals surface area (Å²) in [5.41, 5.74) is 3.77. The number of para-hydroxylation sites is 2. The van der Waals surface area contributed by atoms with Crippen molar-refractivity contribution in [2.45, 2.75) is 51.7 Å². The highest BCUT2D eigenvalue weighted by molar-refractivity contribution is 5.75. The number of ether oxygens (including phenoxy) is 1. The Morgan fingerprint density at radius 2 is 1.95 bits per heavy atom. The third kappa shape index (κ3) is 5.80. The molecule has 0 saturated carbocycles. The van der Waals surface area contributed by atoms with Crippen LogP contribution in [0.2, 0.25) is 0 Å². The molecule has 0 radical (unpaired) electrons. The summed E-state index contributed by atoms with van der Waals surface area (Å²) in [4.78, 5) is 35.5. The molecule has 3 heterocycles. The van der Waals surface area contributed by atoms with Crippen LogP contribution in [0.1, 0.15) is 43.5 Å². The van der Waals surface area contributed by atoms with Gasteiger partial charge in [-0.05, 0) is 67.9 Å². The Kier molecular flexibility index (Phi) is 7.07. The van der Waals surface area contributed by atoms with Gasteiger partial charge in [-0.2, -0.15) is 4.68 Å². The van der Waals surface area contributed by atoms with E-state index in [9.17, 15) is 19.1 Å². The van der Waals surface area contributed by atoms with Crippen LogP contribution in [0.5, 0.6) is 0 Å². The Morgan fingerprint density at radius 3 is 2.68 bits per heavy atom. The summed E-state index contributed by atoms with van der Waals surface area (Å²) in [5.74, 6) is -1.34. The molecular formula is C28H32FN5O4. The zero-order valence-electron chi connectivity index (χ0n) is 21.5. The van der Waals surface area contributed by atoms with Crippen LogP contribution in [0.15, 0.2) is 53.3 Å². The summed E-state index contributed by atoms with van der Waals surface area (Å²) in [6, 6.07) is 13.9. The minimum atomic E-state index is -1.55. The van der Waals surface area contributed by atoms with Crippen molar-refractivity contribution in [1.29, 1.82) is 0 Å². The van der Waals surface area contributed by atoms with Crippen LogP contribution >= 0.6 is 0 Å². The highest BCUT2D eigenvalue weighted by atomic mass is 19.1. The number of nitrogens with one attached hydrogen (secondary N) is 2. The Morgan fingerprint density at radius 1 is 1.18 bits per heavy atom. The molecule has 2 aromatic heterocycles. The van der Waals surface area contributed by atoms with Gasteiger partial charge in [0.05, 0.1) is 11.0 Å². The molecule has 1 aliphatic rings. The lowest BCUT2D eigenvalue weighted by atomic mass is 9.91. The first-order valence-corrected chi connectivity index (χ1v) is 12.9. The van der Waals surface area contributed by atoms with Crippen LogP contribution < -0.4 is 5.56 Å². The molecule has 2 aromatic carbocycles. The fourth-order valence-corrected chi connectivity index (χ4v) is 5.02. The summed E-state index contributed by atoms with van der Waals surface area (Å²) in [6.07, 6.45) is 2.75. The lowest BCUT2D eigenvalue weighted by molar-refractivity contribution is -0.140. The fraction of sp³-hybridized carbons (Fsp3) is 0.393. The molecular weight excluding hydrogens is 489 g/mol. The maximum atomic E-state index is 13.6. The van der Waals surface area contributed by atoms with Crippen LogP contribution in [0.4, 0.5) is 9.18 Å². The first kappa shape index (κ1) is 25.7. The van der Waals surface area contributed by atoms with Gasteiger partial charge in [0.25, 0.3) is 5.56 Å². The molecule has 9 nitrogen and oxygen atoms in total. The number of aryl methyl sites for hydroxylation is 1. The van der Waals surface area contributed by atoms with Gasteiger partial charge in [0.2, 0.25) is 11.7 Å². The van der Waals surface area contributed by atoms with E-state index in [0.717, 1.165) is 35.1 Å². The van der Waals surface area contributed by atoms with Crippen molar-refractivity contribution >= 4 is 17.1 Å². The van der Waals surface area contributed by atoms with Gasteiger partial charge < -0.3 is 19.7 Å². The van der Waals surface area contributed by atoms with E-state index in [1.54, 1.807) is 17.0 Å². The number of carbonyl (C=O) groups is 1. The maximum absolute atomic E-state index is 13.6. The normalized spacial score (nSPS) is 16.2. The van der Waals surface area contributed by atoms with Crippen LogP contribution in [-0.4, -0.2) is 54.7 Å². The van der Waals surface area contributed by atoms with E-state index < -0.39 is 11.9 Å². The summed E-state index contributed by atoms with van der Waals surface area (Å²) in [6.45, 7) is 3.86. The molecule has 1 atom stereocenters. The largest absolute Gasteiger partial charge is 0.418 e. The third-order valence-electron chi connectivity index (χ3n) is 6.84. The number of carbonyl (C=O) groups excluding carboxylic acids is 1. The molecule has 200 valence electrons. The van der Waals surface area contributed by atoms with Gasteiger partial charge in [-0.1, -0.05) is 24.3 Å². The average Bonchev–Trinajstić information content (AvgIpc) is 3.43. The predicted molar refractivity (Wildman–Crippen MR) is 141 cm³/mol. The van der Waals surface area contributed by atoms with Crippen LogP contribution in [0, 0.1) is 11.7 Å². The van der Waals surface area contributed by atoms with Crippen molar-refractivity contribution in [2.24, 2.45) is 5.92 Å². The van der Waals surface area contributed by atoms with Gasteiger partial charge in [-0.3, -0.25) is 9.89 Å². The van der Waals surface area contributed by atoms with Gasteiger partial charge >= 0.3 is 6.09 Å². The number of piperidine rings is 1. The number of aromatic amines is 2. The molecule has 1 aliphatic heterocycles. The van der Waals surface area contributed by atoms with Crippen molar-refractivity contribution in [1.82, 2.24) is 24.6 Å². The molecule has 0 bridgehead atoms. The number of H-pyrrole nitrogens is 2. The number of imidazole rings is 1. The molecule has 10 heteroatoms. The zero-order valence-corrected chi connectivity index (χ0v) is 21.5. The van der Waals surface area contributed by atoms with E-state index in [0.29, 0.717) is 43.9 Å². The number of hydrogen-bond acceptors (Lipinski definition) is 5. The summed E-state index contributed by atoms with van der Waals surface area (Å²) < 4.78 is 20.0. The molecule has 0 aliphatic carbocycles. The van der Waals surface area contributed by atoms with Gasteiger partial charge in [-0.25, -0.2) is 14.2 Å². The topological polar surface area (TPSA) is 116 Å². The quantitative estimate of drug-likeness (QED) is 0.317. The van der Waals surface area contributed by atoms with Gasteiger partial charge in [0.15, 0.2) is 0 Å². The van der Waals surface area contributed by atoms with Gasteiger partial charge in [0, 0.05) is 38.2 Å². The number of rotatable bonds is 7. The predicted octanol–water partition coefficient (Wildman–Crippen LogP) is 4.09. The number of likely N-dealkylation sites (tertiary alicyclic amines) is 1. The number of fused-ring (bicyclic) bond motifs is 1. The Bertz CT molecular complexity index is 1450. The average molecular weight is 522 g/mol. The zero-order chi connectivity index (χ0) is 26.9. The lowest BCUT2D eigenvalue weighted by Crippen LogP contribution is -2.44. The SMILES string of the molecule is CC(C)(O)OC(=O)N1CCCC(Cc2[nH]n(-c3nc4ccccc4[nH]3)c(=O)c2CCc2ccc(F)cc2)C1. The van der Waals surface area contributed by atoms with Crippen LogP contribution in [0.3, 0.4) is 0 Å². The smallest absolute Gasteiger partial charge is 0.412 e. The molecule has 4 aromatic rings. The summed E-state index contributed by atoms with van der Waals surface area (Å²) in [5, 5.41) is 13.2. The fourth-order valence-electron chi connectivity index (χ4n) is 5.02.